The van der Waals surface area contributed by atoms with Gasteiger partial charge in [-0.25, -0.2) is 9.59 Å². The highest BCUT2D eigenvalue weighted by molar-refractivity contribution is 6.05. The van der Waals surface area contributed by atoms with Gasteiger partial charge in [-0.1, -0.05) is 0 Å². The van der Waals surface area contributed by atoms with Gasteiger partial charge < -0.3 is 19.9 Å². The quantitative estimate of drug-likeness (QED) is 0.742. The van der Waals surface area contributed by atoms with Gasteiger partial charge in [0.25, 0.3) is 0 Å². The zero-order valence-electron chi connectivity index (χ0n) is 14.2. The van der Waals surface area contributed by atoms with Gasteiger partial charge in [-0.15, -0.1) is 0 Å². The van der Waals surface area contributed by atoms with Gasteiger partial charge in [0.2, 0.25) is 0 Å². The minimum Gasteiger partial charge on any atom is -0.481 e. The van der Waals surface area contributed by atoms with E-state index in [0.29, 0.717) is 11.4 Å². The van der Waals surface area contributed by atoms with E-state index in [9.17, 15) is 19.5 Å². The molecule has 0 radical (unpaired) electrons. The Morgan fingerprint density at radius 2 is 1.26 bits per heavy atom. The van der Waals surface area contributed by atoms with Crippen LogP contribution in [0.3, 0.4) is 0 Å². The number of carbonyl (C=O) groups excluding carboxylic acids is 2. The molecule has 7 heteroatoms. The summed E-state index contributed by atoms with van der Waals surface area (Å²) >= 11 is 0. The summed E-state index contributed by atoms with van der Waals surface area (Å²) < 4.78 is 10.2. The molecule has 0 amide bonds. The molecule has 23 heavy (non-hydrogen) atoms. The largest absolute Gasteiger partial charge is 0.481 e. The SMILES string of the molecule is CC1=C(C(=O)OC(C)C)C(C(=O)O)C(C(=O)OC(C)C)=C(C)N1. The van der Waals surface area contributed by atoms with Crippen LogP contribution in [-0.4, -0.2) is 35.2 Å². The Bertz CT molecular complexity index is 541. The van der Waals surface area contributed by atoms with Crippen LogP contribution in [0.5, 0.6) is 0 Å². The molecular formula is C16H23NO6. The van der Waals surface area contributed by atoms with Crippen molar-refractivity contribution in [3.05, 3.63) is 22.5 Å². The van der Waals surface area contributed by atoms with Gasteiger partial charge in [0.15, 0.2) is 0 Å². The zero-order valence-corrected chi connectivity index (χ0v) is 14.2. The van der Waals surface area contributed by atoms with Crippen LogP contribution >= 0.6 is 0 Å². The van der Waals surface area contributed by atoms with Crippen molar-refractivity contribution in [3.63, 3.8) is 0 Å². The van der Waals surface area contributed by atoms with Crippen LogP contribution < -0.4 is 5.32 Å². The first-order valence-electron chi connectivity index (χ1n) is 7.39. The van der Waals surface area contributed by atoms with Gasteiger partial charge >= 0.3 is 17.9 Å². The molecule has 0 aliphatic carbocycles. The number of esters is 2. The number of allylic oxidation sites excluding steroid dienone is 2. The number of rotatable bonds is 5. The predicted octanol–water partition coefficient (Wildman–Crippen LogP) is 1.74. The fourth-order valence-corrected chi connectivity index (χ4v) is 2.34. The molecule has 1 aliphatic heterocycles. The highest BCUT2D eigenvalue weighted by Crippen LogP contribution is 2.32. The van der Waals surface area contributed by atoms with E-state index in [0.717, 1.165) is 0 Å². The van der Waals surface area contributed by atoms with E-state index in [1.807, 2.05) is 0 Å². The van der Waals surface area contributed by atoms with Crippen LogP contribution in [0.2, 0.25) is 0 Å². The second-order valence-electron chi connectivity index (χ2n) is 5.88. The summed E-state index contributed by atoms with van der Waals surface area (Å²) in [6, 6.07) is 0. The van der Waals surface area contributed by atoms with Crippen LogP contribution in [0.15, 0.2) is 22.5 Å². The van der Waals surface area contributed by atoms with Crippen LogP contribution in [0.25, 0.3) is 0 Å². The van der Waals surface area contributed by atoms with Gasteiger partial charge in [0, 0.05) is 11.4 Å². The topological polar surface area (TPSA) is 102 Å². The van der Waals surface area contributed by atoms with E-state index >= 15 is 0 Å². The average molecular weight is 325 g/mol. The first kappa shape index (κ1) is 18.7. The summed E-state index contributed by atoms with van der Waals surface area (Å²) in [4.78, 5) is 36.3. The maximum atomic E-state index is 12.3. The molecule has 0 saturated carbocycles. The number of aliphatic carboxylic acids is 1. The molecule has 1 rings (SSSR count). The standard InChI is InChI=1S/C16H23NO6/c1-7(2)22-15(20)11-9(5)17-10(6)12(13(11)14(18)19)16(21)23-8(3)4/h7-8,13,17H,1-6H3,(H,18,19). The number of carboxylic acids is 1. The molecule has 0 aromatic carbocycles. The van der Waals surface area contributed by atoms with Crippen molar-refractivity contribution in [2.75, 3.05) is 0 Å². The van der Waals surface area contributed by atoms with E-state index in [1.165, 1.54) is 0 Å². The highest BCUT2D eigenvalue weighted by atomic mass is 16.5. The summed E-state index contributed by atoms with van der Waals surface area (Å²) in [5.41, 5.74) is 0.517. The lowest BCUT2D eigenvalue weighted by Crippen LogP contribution is -2.38. The summed E-state index contributed by atoms with van der Waals surface area (Å²) in [5.74, 6) is -4.26. The van der Waals surface area contributed by atoms with Crippen molar-refractivity contribution in [1.29, 1.82) is 0 Å². The lowest BCUT2D eigenvalue weighted by molar-refractivity contribution is -0.150. The number of hydrogen-bond acceptors (Lipinski definition) is 6. The Morgan fingerprint density at radius 3 is 1.52 bits per heavy atom. The molecule has 1 heterocycles. The molecule has 0 atom stereocenters. The third-order valence-electron chi connectivity index (χ3n) is 3.13. The van der Waals surface area contributed by atoms with Crippen molar-refractivity contribution in [1.82, 2.24) is 5.32 Å². The molecule has 0 saturated heterocycles. The number of carbonyl (C=O) groups is 3. The average Bonchev–Trinajstić information content (AvgIpc) is 2.35. The molecule has 0 unspecified atom stereocenters. The predicted molar refractivity (Wildman–Crippen MR) is 82.1 cm³/mol. The molecule has 7 nitrogen and oxygen atoms in total. The summed E-state index contributed by atoms with van der Waals surface area (Å²) in [6.45, 7) is 9.79. The minimum atomic E-state index is -1.42. The van der Waals surface area contributed by atoms with Gasteiger partial charge in [-0.05, 0) is 41.5 Å². The Kier molecular flexibility index (Phi) is 5.95. The molecule has 1 aliphatic rings. The maximum absolute atomic E-state index is 12.3. The second kappa shape index (κ2) is 7.30. The van der Waals surface area contributed by atoms with Crippen molar-refractivity contribution in [2.24, 2.45) is 5.92 Å². The van der Waals surface area contributed by atoms with Crippen LogP contribution in [0, 0.1) is 5.92 Å². The van der Waals surface area contributed by atoms with E-state index < -0.39 is 36.0 Å². The third-order valence-corrected chi connectivity index (χ3v) is 3.13. The molecule has 0 fully saturated rings. The highest BCUT2D eigenvalue weighted by Gasteiger charge is 2.41. The summed E-state index contributed by atoms with van der Waals surface area (Å²) in [7, 11) is 0. The minimum absolute atomic E-state index is 0.0903. The lowest BCUT2D eigenvalue weighted by Gasteiger charge is -2.28. The van der Waals surface area contributed by atoms with E-state index in [-0.39, 0.29) is 11.1 Å². The first-order chi connectivity index (χ1) is 10.6. The van der Waals surface area contributed by atoms with Gasteiger partial charge in [0.05, 0.1) is 23.4 Å². The van der Waals surface area contributed by atoms with Crippen LogP contribution in [0.1, 0.15) is 41.5 Å². The first-order valence-corrected chi connectivity index (χ1v) is 7.39. The normalized spacial score (nSPS) is 15.8. The Hall–Kier alpha value is -2.31. The number of ether oxygens (including phenoxy) is 2. The molecule has 0 spiro atoms. The third kappa shape index (κ3) is 4.34. The zero-order chi connectivity index (χ0) is 17.9. The Labute approximate surface area is 135 Å². The summed E-state index contributed by atoms with van der Waals surface area (Å²) in [5, 5.41) is 12.4. The van der Waals surface area contributed by atoms with E-state index in [4.69, 9.17) is 9.47 Å². The molecule has 128 valence electrons. The second-order valence-corrected chi connectivity index (χ2v) is 5.88. The van der Waals surface area contributed by atoms with Crippen molar-refractivity contribution in [3.8, 4) is 0 Å². The van der Waals surface area contributed by atoms with Gasteiger partial charge in [-0.2, -0.15) is 0 Å². The molecular weight excluding hydrogens is 302 g/mol. The van der Waals surface area contributed by atoms with Gasteiger partial charge in [-0.3, -0.25) is 4.79 Å². The molecule has 0 aromatic heterocycles. The fourth-order valence-electron chi connectivity index (χ4n) is 2.34. The van der Waals surface area contributed by atoms with E-state index in [2.05, 4.69) is 5.32 Å². The number of carboxylic acid groups (broad SMARTS) is 1. The number of dihydropyridines is 1. The number of nitrogens with one attached hydrogen (secondary N) is 1. The van der Waals surface area contributed by atoms with Crippen LogP contribution in [-0.2, 0) is 23.9 Å². The van der Waals surface area contributed by atoms with Crippen LogP contribution in [0.4, 0.5) is 0 Å². The van der Waals surface area contributed by atoms with Crippen molar-refractivity contribution in [2.45, 2.75) is 53.8 Å². The molecule has 0 aromatic rings. The monoisotopic (exact) mass is 325 g/mol. The summed E-state index contributed by atoms with van der Waals surface area (Å²) in [6.07, 6.45) is -0.814. The Balaban J connectivity index is 3.32. The van der Waals surface area contributed by atoms with Gasteiger partial charge in [0.1, 0.15) is 5.92 Å². The molecule has 2 N–H and O–H groups in total. The lowest BCUT2D eigenvalue weighted by atomic mass is 9.85. The van der Waals surface area contributed by atoms with Crippen molar-refractivity contribution >= 4 is 17.9 Å². The Morgan fingerprint density at radius 1 is 0.913 bits per heavy atom. The number of hydrogen-bond donors (Lipinski definition) is 2. The smallest absolute Gasteiger partial charge is 0.337 e. The van der Waals surface area contributed by atoms with Crippen molar-refractivity contribution < 1.29 is 29.0 Å². The maximum Gasteiger partial charge on any atom is 0.337 e. The molecule has 0 bridgehead atoms. The fraction of sp³-hybridized carbons (Fsp3) is 0.562. The van der Waals surface area contributed by atoms with E-state index in [1.54, 1.807) is 41.5 Å².